The lowest BCUT2D eigenvalue weighted by Gasteiger charge is -2.64. The van der Waals surface area contributed by atoms with Gasteiger partial charge in [-0.3, -0.25) is 4.79 Å². The molecule has 0 radical (unpaired) electrons. The number of aliphatic carboxylic acids is 1. The smallest absolute Gasteiger partial charge is 0.306 e. The van der Waals surface area contributed by atoms with Crippen molar-refractivity contribution in [3.8, 4) is 0 Å². The van der Waals surface area contributed by atoms with Gasteiger partial charge in [0.25, 0.3) is 0 Å². The first kappa shape index (κ1) is 25.0. The Hall–Kier alpha value is -1.09. The third-order valence-electron chi connectivity index (χ3n) is 11.7. The van der Waals surface area contributed by atoms with Gasteiger partial charge in [0.15, 0.2) is 0 Å². The molecule has 0 aromatic heterocycles. The van der Waals surface area contributed by atoms with Crippen LogP contribution >= 0.6 is 0 Å². The first-order valence-electron chi connectivity index (χ1n) is 13.5. The number of carboxylic acids is 1. The van der Waals surface area contributed by atoms with Crippen molar-refractivity contribution in [3.05, 3.63) is 23.3 Å². The predicted octanol–water partition coefficient (Wildman–Crippen LogP) is 7.40. The standard InChI is InChI=1S/C30H48O3/c1-19(2)9-8-10-20(26(32)33)21-13-17-30(7)23-11-12-24-27(3,4)25(31)15-16-28(24,5)22(23)14-18-29(21,30)6/h9,11,20-22,24-25,31H,8,10,12-18H2,1-7H3,(H,32,33)/t20-,21-,22+,24+,25+,28+,29+,30+/m0/s1. The zero-order valence-corrected chi connectivity index (χ0v) is 22.2. The van der Waals surface area contributed by atoms with Crippen LogP contribution in [-0.2, 0) is 4.79 Å². The largest absolute Gasteiger partial charge is 0.481 e. The molecule has 4 aliphatic carbocycles. The van der Waals surface area contributed by atoms with Crippen LogP contribution in [0, 0.1) is 45.3 Å². The molecule has 0 bridgehead atoms. The highest BCUT2D eigenvalue weighted by Gasteiger charge is 2.65. The van der Waals surface area contributed by atoms with Gasteiger partial charge in [-0.15, -0.1) is 0 Å². The number of hydrogen-bond acceptors (Lipinski definition) is 2. The number of hydrogen-bond donors (Lipinski definition) is 2. The average Bonchev–Trinajstić information content (AvgIpc) is 3.00. The van der Waals surface area contributed by atoms with E-state index in [0.717, 1.165) is 51.4 Å². The molecule has 0 heterocycles. The van der Waals surface area contributed by atoms with Gasteiger partial charge in [0.1, 0.15) is 0 Å². The molecular formula is C30H48O3. The Morgan fingerprint density at radius 3 is 2.42 bits per heavy atom. The number of allylic oxidation sites excluding steroid dienone is 4. The van der Waals surface area contributed by atoms with E-state index in [1.165, 1.54) is 12.0 Å². The SMILES string of the molecule is CC(C)=CCC[C@H](C(=O)O)[C@@H]1CC[C@]2(C)C3=CC[C@@H]4C(C)(C)[C@H](O)CC[C@]4(C)[C@@H]3CC[C@]12C. The van der Waals surface area contributed by atoms with Gasteiger partial charge < -0.3 is 10.2 Å². The molecule has 0 amide bonds. The molecule has 186 valence electrons. The van der Waals surface area contributed by atoms with Gasteiger partial charge in [-0.2, -0.15) is 0 Å². The van der Waals surface area contributed by atoms with Crippen LogP contribution in [-0.4, -0.2) is 22.3 Å². The molecule has 8 atom stereocenters. The summed E-state index contributed by atoms with van der Waals surface area (Å²) in [5.41, 5.74) is 3.27. The highest BCUT2D eigenvalue weighted by molar-refractivity contribution is 5.70. The van der Waals surface area contributed by atoms with Crippen molar-refractivity contribution in [1.29, 1.82) is 0 Å². The number of carbonyl (C=O) groups is 1. The lowest BCUT2D eigenvalue weighted by Crippen LogP contribution is -2.58. The summed E-state index contributed by atoms with van der Waals surface area (Å²) < 4.78 is 0. The quantitative estimate of drug-likeness (QED) is 0.424. The lowest BCUT2D eigenvalue weighted by atomic mass is 9.41. The molecule has 3 nitrogen and oxygen atoms in total. The number of rotatable bonds is 5. The second kappa shape index (κ2) is 8.25. The third kappa shape index (κ3) is 3.58. The van der Waals surface area contributed by atoms with Crippen molar-refractivity contribution in [2.45, 2.75) is 112 Å². The minimum Gasteiger partial charge on any atom is -0.481 e. The van der Waals surface area contributed by atoms with Gasteiger partial charge in [0.05, 0.1) is 12.0 Å². The molecule has 33 heavy (non-hydrogen) atoms. The summed E-state index contributed by atoms with van der Waals surface area (Å²) in [7, 11) is 0. The summed E-state index contributed by atoms with van der Waals surface area (Å²) in [6.45, 7) is 16.2. The Bertz CT molecular complexity index is 849. The molecule has 3 saturated carbocycles. The van der Waals surface area contributed by atoms with E-state index in [1.807, 2.05) is 0 Å². The average molecular weight is 457 g/mol. The summed E-state index contributed by atoms with van der Waals surface area (Å²) in [5, 5.41) is 21.0. The molecule has 0 aliphatic heterocycles. The topological polar surface area (TPSA) is 57.5 Å². The number of fused-ring (bicyclic) bond motifs is 5. The van der Waals surface area contributed by atoms with Crippen LogP contribution in [0.2, 0.25) is 0 Å². The first-order valence-corrected chi connectivity index (χ1v) is 13.5. The van der Waals surface area contributed by atoms with E-state index in [0.29, 0.717) is 11.8 Å². The lowest BCUT2D eigenvalue weighted by molar-refractivity contribution is -0.149. The summed E-state index contributed by atoms with van der Waals surface area (Å²) in [6.07, 6.45) is 13.7. The molecule has 0 saturated heterocycles. The maximum atomic E-state index is 12.4. The summed E-state index contributed by atoms with van der Waals surface area (Å²) in [6, 6.07) is 0. The van der Waals surface area contributed by atoms with E-state index < -0.39 is 5.97 Å². The van der Waals surface area contributed by atoms with Crippen molar-refractivity contribution < 1.29 is 15.0 Å². The van der Waals surface area contributed by atoms with Crippen LogP contribution in [0.25, 0.3) is 0 Å². The van der Waals surface area contributed by atoms with Gasteiger partial charge in [-0.25, -0.2) is 0 Å². The van der Waals surface area contributed by atoms with Gasteiger partial charge >= 0.3 is 5.97 Å². The van der Waals surface area contributed by atoms with Gasteiger partial charge in [-0.05, 0) is 111 Å². The Labute approximate surface area is 202 Å². The molecule has 3 heteroatoms. The highest BCUT2D eigenvalue weighted by Crippen LogP contribution is 2.73. The first-order chi connectivity index (χ1) is 15.3. The van der Waals surface area contributed by atoms with Gasteiger partial charge in [0.2, 0.25) is 0 Å². The summed E-state index contributed by atoms with van der Waals surface area (Å²) >= 11 is 0. The molecular weight excluding hydrogens is 408 g/mol. The second-order valence-electron chi connectivity index (χ2n) is 13.6. The summed E-state index contributed by atoms with van der Waals surface area (Å²) in [4.78, 5) is 12.4. The van der Waals surface area contributed by atoms with Crippen LogP contribution in [0.1, 0.15) is 106 Å². The molecule has 0 aromatic carbocycles. The monoisotopic (exact) mass is 456 g/mol. The molecule has 0 aromatic rings. The molecule has 4 rings (SSSR count). The fourth-order valence-electron chi connectivity index (χ4n) is 9.43. The minimum atomic E-state index is -0.595. The normalized spacial score (nSPS) is 44.7. The fourth-order valence-corrected chi connectivity index (χ4v) is 9.43. The molecule has 3 fully saturated rings. The fraction of sp³-hybridized carbons (Fsp3) is 0.833. The van der Waals surface area contributed by atoms with E-state index in [-0.39, 0.29) is 39.6 Å². The molecule has 4 aliphatic rings. The summed E-state index contributed by atoms with van der Waals surface area (Å²) in [5.74, 6) is 0.502. The van der Waals surface area contributed by atoms with E-state index in [2.05, 4.69) is 60.6 Å². The van der Waals surface area contributed by atoms with Gasteiger partial charge in [-0.1, -0.05) is 57.9 Å². The maximum absolute atomic E-state index is 12.4. The number of aliphatic hydroxyl groups is 1. The highest BCUT2D eigenvalue weighted by atomic mass is 16.4. The third-order valence-corrected chi connectivity index (χ3v) is 11.7. The Morgan fingerprint density at radius 2 is 1.79 bits per heavy atom. The van der Waals surface area contributed by atoms with E-state index in [4.69, 9.17) is 0 Å². The minimum absolute atomic E-state index is 0.0474. The predicted molar refractivity (Wildman–Crippen MR) is 135 cm³/mol. The van der Waals surface area contributed by atoms with Crippen LogP contribution in [0.5, 0.6) is 0 Å². The Kier molecular flexibility index (Phi) is 6.25. The number of carboxylic acid groups (broad SMARTS) is 1. The Balaban J connectivity index is 1.67. The van der Waals surface area contributed by atoms with E-state index in [1.54, 1.807) is 5.57 Å². The maximum Gasteiger partial charge on any atom is 0.306 e. The van der Waals surface area contributed by atoms with Crippen LogP contribution < -0.4 is 0 Å². The molecule has 0 unspecified atom stereocenters. The molecule has 2 N–H and O–H groups in total. The zero-order valence-electron chi connectivity index (χ0n) is 22.2. The zero-order chi connectivity index (χ0) is 24.4. The van der Waals surface area contributed by atoms with Crippen molar-refractivity contribution in [3.63, 3.8) is 0 Å². The second-order valence-corrected chi connectivity index (χ2v) is 13.6. The van der Waals surface area contributed by atoms with Crippen LogP contribution in [0.3, 0.4) is 0 Å². The van der Waals surface area contributed by atoms with Crippen molar-refractivity contribution in [1.82, 2.24) is 0 Å². The molecule has 0 spiro atoms. The van der Waals surface area contributed by atoms with Crippen molar-refractivity contribution in [2.75, 3.05) is 0 Å². The van der Waals surface area contributed by atoms with Gasteiger partial charge in [0, 0.05) is 0 Å². The van der Waals surface area contributed by atoms with E-state index in [9.17, 15) is 15.0 Å². The van der Waals surface area contributed by atoms with E-state index >= 15 is 0 Å². The van der Waals surface area contributed by atoms with Crippen LogP contribution in [0.4, 0.5) is 0 Å². The van der Waals surface area contributed by atoms with Crippen LogP contribution in [0.15, 0.2) is 23.3 Å². The van der Waals surface area contributed by atoms with Crippen molar-refractivity contribution in [2.24, 2.45) is 45.3 Å². The number of aliphatic hydroxyl groups excluding tert-OH is 1. The Morgan fingerprint density at radius 1 is 1.09 bits per heavy atom. The van der Waals surface area contributed by atoms with Crippen molar-refractivity contribution >= 4 is 5.97 Å².